The van der Waals surface area contributed by atoms with Crippen LogP contribution in [0.3, 0.4) is 0 Å². The fourth-order valence-electron chi connectivity index (χ4n) is 2.42. The number of amides is 1. The zero-order chi connectivity index (χ0) is 19.2. The Kier molecular flexibility index (Phi) is 6.76. The quantitative estimate of drug-likeness (QED) is 0.769. The summed E-state index contributed by atoms with van der Waals surface area (Å²) in [5.41, 5.74) is 0.688. The zero-order valence-electron chi connectivity index (χ0n) is 15.2. The zero-order valence-corrected chi connectivity index (χ0v) is 16.0. The Bertz CT molecular complexity index is 818. The fraction of sp³-hybridized carbons (Fsp3) is 0.316. The van der Waals surface area contributed by atoms with Crippen LogP contribution in [0.15, 0.2) is 59.5 Å². The Balaban J connectivity index is 2.01. The maximum absolute atomic E-state index is 12.2. The van der Waals surface area contributed by atoms with Gasteiger partial charge < -0.3 is 9.64 Å². The summed E-state index contributed by atoms with van der Waals surface area (Å²) < 4.78 is 32.6. The molecule has 2 aromatic carbocycles. The van der Waals surface area contributed by atoms with E-state index in [-0.39, 0.29) is 30.0 Å². The molecule has 2 aromatic rings. The summed E-state index contributed by atoms with van der Waals surface area (Å²) in [7, 11) is -3.59. The van der Waals surface area contributed by atoms with Crippen molar-refractivity contribution in [1.29, 1.82) is 0 Å². The lowest BCUT2D eigenvalue weighted by Crippen LogP contribution is -2.37. The first-order valence-corrected chi connectivity index (χ1v) is 9.87. The van der Waals surface area contributed by atoms with Gasteiger partial charge in [-0.2, -0.15) is 0 Å². The van der Waals surface area contributed by atoms with Gasteiger partial charge in [0.2, 0.25) is 15.9 Å². The van der Waals surface area contributed by atoms with Crippen LogP contribution >= 0.6 is 0 Å². The predicted molar refractivity (Wildman–Crippen MR) is 102 cm³/mol. The van der Waals surface area contributed by atoms with Crippen LogP contribution in [0, 0.1) is 0 Å². The van der Waals surface area contributed by atoms with Crippen LogP contribution in [0.2, 0.25) is 0 Å². The number of hydrogen-bond acceptors (Lipinski definition) is 4. The molecular weight excluding hydrogens is 352 g/mol. The van der Waals surface area contributed by atoms with Crippen molar-refractivity contribution in [2.24, 2.45) is 0 Å². The Morgan fingerprint density at radius 2 is 1.69 bits per heavy atom. The normalized spacial score (nSPS) is 11.4. The van der Waals surface area contributed by atoms with Crippen LogP contribution in [0.1, 0.15) is 20.8 Å². The molecule has 0 atom stereocenters. The minimum Gasteiger partial charge on any atom is -0.491 e. The third kappa shape index (κ3) is 5.57. The third-order valence-electron chi connectivity index (χ3n) is 3.58. The highest BCUT2D eigenvalue weighted by molar-refractivity contribution is 7.89. The van der Waals surface area contributed by atoms with E-state index in [9.17, 15) is 13.2 Å². The SMILES string of the molecule is CC(=O)N(CCNS(=O)(=O)c1ccccc1)c1ccc(OC(C)C)cc1. The Morgan fingerprint density at radius 1 is 1.08 bits per heavy atom. The molecule has 0 radical (unpaired) electrons. The van der Waals surface area contributed by atoms with Crippen LogP contribution < -0.4 is 14.4 Å². The van der Waals surface area contributed by atoms with Crippen molar-refractivity contribution in [3.8, 4) is 5.75 Å². The summed E-state index contributed by atoms with van der Waals surface area (Å²) >= 11 is 0. The van der Waals surface area contributed by atoms with Crippen LogP contribution in [0.5, 0.6) is 5.75 Å². The molecule has 7 heteroatoms. The van der Waals surface area contributed by atoms with Gasteiger partial charge in [-0.1, -0.05) is 18.2 Å². The second-order valence-electron chi connectivity index (χ2n) is 6.04. The van der Waals surface area contributed by atoms with Crippen molar-refractivity contribution in [3.63, 3.8) is 0 Å². The second kappa shape index (κ2) is 8.82. The van der Waals surface area contributed by atoms with Gasteiger partial charge >= 0.3 is 0 Å². The maximum Gasteiger partial charge on any atom is 0.240 e. The van der Waals surface area contributed by atoms with E-state index >= 15 is 0 Å². The second-order valence-corrected chi connectivity index (χ2v) is 7.81. The van der Waals surface area contributed by atoms with Crippen LogP contribution in [0.4, 0.5) is 5.69 Å². The molecule has 2 rings (SSSR count). The van der Waals surface area contributed by atoms with Gasteiger partial charge in [-0.15, -0.1) is 0 Å². The summed E-state index contributed by atoms with van der Waals surface area (Å²) in [5.74, 6) is 0.554. The molecular formula is C19H24N2O4S. The molecule has 0 bridgehead atoms. The molecule has 0 saturated heterocycles. The Morgan fingerprint density at radius 3 is 2.23 bits per heavy atom. The van der Waals surface area contributed by atoms with Gasteiger partial charge in [0.1, 0.15) is 5.75 Å². The monoisotopic (exact) mass is 376 g/mol. The first kappa shape index (κ1) is 19.9. The van der Waals surface area contributed by atoms with E-state index in [1.165, 1.54) is 24.0 Å². The summed E-state index contributed by atoms with van der Waals surface area (Å²) in [6.07, 6.45) is 0.0668. The van der Waals surface area contributed by atoms with Gasteiger partial charge in [0.25, 0.3) is 0 Å². The molecule has 0 heterocycles. The largest absolute Gasteiger partial charge is 0.491 e. The summed E-state index contributed by atoms with van der Waals surface area (Å²) in [5, 5.41) is 0. The topological polar surface area (TPSA) is 75.7 Å². The van der Waals surface area contributed by atoms with Crippen molar-refractivity contribution in [1.82, 2.24) is 4.72 Å². The lowest BCUT2D eigenvalue weighted by Gasteiger charge is -2.22. The highest BCUT2D eigenvalue weighted by Gasteiger charge is 2.16. The van der Waals surface area contributed by atoms with Crippen molar-refractivity contribution >= 4 is 21.6 Å². The number of nitrogens with zero attached hydrogens (tertiary/aromatic N) is 1. The van der Waals surface area contributed by atoms with Gasteiger partial charge in [0, 0.05) is 25.7 Å². The lowest BCUT2D eigenvalue weighted by atomic mass is 10.2. The van der Waals surface area contributed by atoms with Crippen LogP contribution in [0.25, 0.3) is 0 Å². The Labute approximate surface area is 154 Å². The van der Waals surface area contributed by atoms with E-state index in [2.05, 4.69) is 4.72 Å². The summed E-state index contributed by atoms with van der Waals surface area (Å²) in [6, 6.07) is 15.3. The van der Waals surface area contributed by atoms with Gasteiger partial charge in [-0.05, 0) is 50.2 Å². The average molecular weight is 376 g/mol. The van der Waals surface area contributed by atoms with Crippen molar-refractivity contribution in [3.05, 3.63) is 54.6 Å². The van der Waals surface area contributed by atoms with Crippen LogP contribution in [-0.4, -0.2) is 33.5 Å². The average Bonchev–Trinajstić information content (AvgIpc) is 2.60. The molecule has 1 amide bonds. The molecule has 0 aliphatic heterocycles. The van der Waals surface area contributed by atoms with Gasteiger partial charge in [-0.3, -0.25) is 4.79 Å². The first-order valence-electron chi connectivity index (χ1n) is 8.39. The molecule has 6 nitrogen and oxygen atoms in total. The highest BCUT2D eigenvalue weighted by Crippen LogP contribution is 2.20. The minimum absolute atomic E-state index is 0.0668. The standard InChI is InChI=1S/C19H24N2O4S/c1-15(2)25-18-11-9-17(10-12-18)21(16(3)22)14-13-20-26(23,24)19-7-5-4-6-8-19/h4-12,15,20H,13-14H2,1-3H3. The molecule has 1 N–H and O–H groups in total. The van der Waals surface area contributed by atoms with E-state index in [4.69, 9.17) is 4.74 Å². The van der Waals surface area contributed by atoms with Crippen molar-refractivity contribution in [2.45, 2.75) is 31.8 Å². The molecule has 0 unspecified atom stereocenters. The number of sulfonamides is 1. The molecule has 26 heavy (non-hydrogen) atoms. The van der Waals surface area contributed by atoms with E-state index in [0.717, 1.165) is 5.75 Å². The van der Waals surface area contributed by atoms with Crippen molar-refractivity contribution < 1.29 is 17.9 Å². The van der Waals surface area contributed by atoms with Gasteiger partial charge in [0.15, 0.2) is 0 Å². The summed E-state index contributed by atoms with van der Waals surface area (Å²) in [6.45, 7) is 5.67. The van der Waals surface area contributed by atoms with Crippen molar-refractivity contribution in [2.75, 3.05) is 18.0 Å². The van der Waals surface area contributed by atoms with Crippen LogP contribution in [-0.2, 0) is 14.8 Å². The fourth-order valence-corrected chi connectivity index (χ4v) is 3.46. The maximum atomic E-state index is 12.2. The van der Waals surface area contributed by atoms with E-state index in [1.807, 2.05) is 13.8 Å². The Hall–Kier alpha value is -2.38. The number of anilines is 1. The predicted octanol–water partition coefficient (Wildman–Crippen LogP) is 2.81. The molecule has 0 saturated carbocycles. The molecule has 0 aromatic heterocycles. The van der Waals surface area contributed by atoms with E-state index in [1.54, 1.807) is 42.5 Å². The van der Waals surface area contributed by atoms with E-state index in [0.29, 0.717) is 5.69 Å². The molecule has 0 aliphatic rings. The summed E-state index contributed by atoms with van der Waals surface area (Å²) in [4.78, 5) is 13.7. The number of rotatable bonds is 8. The van der Waals surface area contributed by atoms with Gasteiger partial charge in [-0.25, -0.2) is 13.1 Å². The molecule has 0 aliphatic carbocycles. The highest BCUT2D eigenvalue weighted by atomic mass is 32.2. The molecule has 0 fully saturated rings. The minimum atomic E-state index is -3.59. The number of nitrogens with one attached hydrogen (secondary N) is 1. The number of ether oxygens (including phenoxy) is 1. The molecule has 0 spiro atoms. The number of benzene rings is 2. The first-order chi connectivity index (χ1) is 12.3. The number of hydrogen-bond donors (Lipinski definition) is 1. The van der Waals surface area contributed by atoms with Gasteiger partial charge in [0.05, 0.1) is 11.0 Å². The molecule has 140 valence electrons. The third-order valence-corrected chi connectivity index (χ3v) is 5.06. The number of carbonyl (C=O) groups excluding carboxylic acids is 1. The van der Waals surface area contributed by atoms with E-state index < -0.39 is 10.0 Å². The number of carbonyl (C=O) groups is 1. The lowest BCUT2D eigenvalue weighted by molar-refractivity contribution is -0.116. The smallest absolute Gasteiger partial charge is 0.240 e.